The molecule has 0 saturated carbocycles. The van der Waals surface area contributed by atoms with Crippen LogP contribution in [0.2, 0.25) is 0 Å². The predicted octanol–water partition coefficient (Wildman–Crippen LogP) is 10.2. The molecule has 4 N–H and O–H groups in total. The molecule has 2 aliphatic rings. The largest absolute Gasteiger partial charge is 0.476 e. The Kier molecular flexibility index (Phi) is 20.3. The lowest BCUT2D eigenvalue weighted by Gasteiger charge is -2.22. The Hall–Kier alpha value is -7.70. The van der Waals surface area contributed by atoms with E-state index in [9.17, 15) is 24.3 Å². The van der Waals surface area contributed by atoms with E-state index in [1.54, 1.807) is 56.7 Å². The average molecular weight is 1050 g/mol. The predicted molar refractivity (Wildman–Crippen MR) is 285 cm³/mol. The van der Waals surface area contributed by atoms with Gasteiger partial charge in [-0.1, -0.05) is 59.7 Å². The fourth-order valence-electron chi connectivity index (χ4n) is 7.53. The lowest BCUT2D eigenvalue weighted by molar-refractivity contribution is 0.0494. The second-order valence-corrected chi connectivity index (χ2v) is 20.1. The van der Waals surface area contributed by atoms with Crippen molar-refractivity contribution in [1.29, 1.82) is 10.5 Å². The number of hydrogen-bond donors (Lipinski definition) is 4. The van der Waals surface area contributed by atoms with E-state index in [0.29, 0.717) is 42.0 Å². The van der Waals surface area contributed by atoms with Gasteiger partial charge >= 0.3 is 18.2 Å². The van der Waals surface area contributed by atoms with Crippen LogP contribution in [0.5, 0.6) is 0 Å². The fourth-order valence-corrected chi connectivity index (χ4v) is 7.53. The number of rotatable bonds is 8. The monoisotopic (exact) mass is 1040 g/mol. The number of likely N-dealkylation sites (tertiary alicyclic amines) is 1. The maximum Gasteiger partial charge on any atom is 0.407 e. The summed E-state index contributed by atoms with van der Waals surface area (Å²) in [6, 6.07) is 37.3. The first-order valence-corrected chi connectivity index (χ1v) is 24.9. The van der Waals surface area contributed by atoms with Crippen molar-refractivity contribution >= 4 is 47.3 Å². The number of alkyl halides is 2. The van der Waals surface area contributed by atoms with E-state index in [-0.39, 0.29) is 35.1 Å². The third kappa shape index (κ3) is 17.2. The number of hydrogen-bond acceptors (Lipinski definition) is 11. The van der Waals surface area contributed by atoms with Gasteiger partial charge in [0.2, 0.25) is 0 Å². The summed E-state index contributed by atoms with van der Waals surface area (Å²) in [5.41, 5.74) is 7.33. The summed E-state index contributed by atoms with van der Waals surface area (Å²) >= 11 is 9.53. The highest BCUT2D eigenvalue weighted by Crippen LogP contribution is 2.28. The number of aromatic carboxylic acids is 1. The molecule has 4 aromatic carbocycles. The minimum Gasteiger partial charge on any atom is -0.476 e. The first-order chi connectivity index (χ1) is 35.1. The molecule has 2 aromatic heterocycles. The van der Waals surface area contributed by atoms with Crippen LogP contribution in [-0.4, -0.2) is 108 Å². The highest BCUT2D eigenvalue weighted by molar-refractivity contribution is 6.40. The number of halogens is 2. The maximum atomic E-state index is 13.4. The molecule has 4 heterocycles. The topological polar surface area (TPSA) is 230 Å². The molecule has 74 heavy (non-hydrogen) atoms. The van der Waals surface area contributed by atoms with Gasteiger partial charge in [-0.15, -0.1) is 23.2 Å². The third-order valence-electron chi connectivity index (χ3n) is 11.0. The van der Waals surface area contributed by atoms with Crippen molar-refractivity contribution in [3.05, 3.63) is 143 Å². The van der Waals surface area contributed by atoms with Crippen LogP contribution in [0.25, 0.3) is 33.9 Å². The molecule has 19 heteroatoms. The standard InChI is InChI=1S/C27H29N5O3.C18H13N3O2.C9H18N2O2.CH2Cl2/c1-18-5-11-22(12-6-18)32-24(20-9-7-19(16-28)8-10-20)15-23(30-32)25(33)31-14-13-21(17-31)29-26(34)35-27(2,3)4;1-12-2-8-15(9-3-12)21-17(10-16(20-21)18(22)23)14-6-4-13(11-19)5-7-14;1-9(2,3)13-8(12)11-7-4-5-10-6-7;2-1-3/h5-12,15,21H,13-14,17H2,1-4H3,(H,29,34);2-10H,1H3,(H,22,23);7,10H,4-6H2,1-3H3,(H,11,12);1H2/t21-;;7-;/m0.0./s1. The molecule has 2 fully saturated rings. The minimum absolute atomic E-state index is 0.0232. The Morgan fingerprint density at radius 3 is 1.49 bits per heavy atom. The Labute approximate surface area is 442 Å². The zero-order valence-electron chi connectivity index (χ0n) is 42.8. The van der Waals surface area contributed by atoms with E-state index in [1.165, 1.54) is 6.07 Å². The first-order valence-electron chi connectivity index (χ1n) is 23.8. The molecule has 2 aliphatic heterocycles. The van der Waals surface area contributed by atoms with E-state index >= 15 is 0 Å². The number of carboxylic acid groups (broad SMARTS) is 1. The van der Waals surface area contributed by atoms with Crippen LogP contribution in [0.15, 0.2) is 109 Å². The number of nitrogens with one attached hydrogen (secondary N) is 3. The number of nitriles is 2. The van der Waals surface area contributed by atoms with Crippen molar-refractivity contribution in [1.82, 2.24) is 40.4 Å². The van der Waals surface area contributed by atoms with Crippen molar-refractivity contribution in [3.63, 3.8) is 0 Å². The molecule has 8 rings (SSSR count). The van der Waals surface area contributed by atoms with Gasteiger partial charge in [0.1, 0.15) is 11.2 Å². The van der Waals surface area contributed by atoms with Crippen LogP contribution < -0.4 is 16.0 Å². The number of carboxylic acids is 1. The zero-order valence-corrected chi connectivity index (χ0v) is 44.3. The van der Waals surface area contributed by atoms with Crippen LogP contribution in [-0.2, 0) is 9.47 Å². The summed E-state index contributed by atoms with van der Waals surface area (Å²) < 4.78 is 13.8. The van der Waals surface area contributed by atoms with Crippen LogP contribution >= 0.6 is 23.2 Å². The Morgan fingerprint density at radius 2 is 1.09 bits per heavy atom. The van der Waals surface area contributed by atoms with E-state index in [0.717, 1.165) is 58.8 Å². The maximum absolute atomic E-state index is 13.4. The van der Waals surface area contributed by atoms with Gasteiger partial charge in [-0.3, -0.25) is 4.79 Å². The second kappa shape index (κ2) is 26.3. The highest BCUT2D eigenvalue weighted by atomic mass is 35.5. The SMILES string of the molecule is CC(C)(C)OC(=O)N[C@H]1CCNC1.Cc1ccc(-n2nc(C(=O)N3CC[C@H](NC(=O)OC(C)(C)C)C3)cc2-c2ccc(C#N)cc2)cc1.Cc1ccc(-n2nc(C(=O)O)cc2-c2ccc(C#N)cc2)cc1.ClCCl. The summed E-state index contributed by atoms with van der Waals surface area (Å²) in [7, 11) is 0. The molecule has 0 bridgehead atoms. The molecule has 0 spiro atoms. The molecule has 0 aliphatic carbocycles. The molecule has 17 nitrogen and oxygen atoms in total. The van der Waals surface area contributed by atoms with E-state index < -0.39 is 23.3 Å². The molecule has 2 atom stereocenters. The van der Waals surface area contributed by atoms with Gasteiger partial charge in [-0.2, -0.15) is 20.7 Å². The quantitative estimate of drug-likeness (QED) is 0.104. The summed E-state index contributed by atoms with van der Waals surface area (Å²) in [6.45, 7) is 17.7. The summed E-state index contributed by atoms with van der Waals surface area (Å²) in [5.74, 6) is -1.27. The number of amides is 3. The average Bonchev–Trinajstić information content (AvgIpc) is 4.20. The number of aromatic nitrogens is 4. The van der Waals surface area contributed by atoms with Gasteiger partial charge in [0, 0.05) is 36.8 Å². The Morgan fingerprint density at radius 1 is 0.676 bits per heavy atom. The van der Waals surface area contributed by atoms with Crippen molar-refractivity contribution in [2.75, 3.05) is 31.5 Å². The molecule has 0 unspecified atom stereocenters. The molecule has 0 radical (unpaired) electrons. The van der Waals surface area contributed by atoms with Gasteiger partial charge < -0.3 is 35.4 Å². The zero-order chi connectivity index (χ0) is 54.2. The third-order valence-corrected chi connectivity index (χ3v) is 11.0. The number of ether oxygens (including phenoxy) is 2. The second-order valence-electron chi connectivity index (χ2n) is 19.3. The summed E-state index contributed by atoms with van der Waals surface area (Å²) in [6.07, 6.45) is 0.829. The van der Waals surface area contributed by atoms with Crippen molar-refractivity contribution in [3.8, 4) is 46.0 Å². The van der Waals surface area contributed by atoms with Gasteiger partial charge in [-0.05, 0) is 135 Å². The van der Waals surface area contributed by atoms with Crippen LogP contribution in [0.4, 0.5) is 9.59 Å². The number of carbonyl (C=O) groups is 4. The lowest BCUT2D eigenvalue weighted by Crippen LogP contribution is -2.41. The highest BCUT2D eigenvalue weighted by Gasteiger charge is 2.31. The first kappa shape index (κ1) is 57.2. The lowest BCUT2D eigenvalue weighted by atomic mass is 10.1. The van der Waals surface area contributed by atoms with Crippen LogP contribution in [0.3, 0.4) is 0 Å². The molecule has 6 aromatic rings. The number of benzene rings is 4. The van der Waals surface area contributed by atoms with Crippen LogP contribution in [0, 0.1) is 36.5 Å². The molecule has 3 amide bonds. The number of aryl methyl sites for hydroxylation is 2. The van der Waals surface area contributed by atoms with Crippen molar-refractivity contribution in [2.45, 2.75) is 91.5 Å². The molecular formula is C55H62Cl2N10O7. The fraction of sp³-hybridized carbons (Fsp3) is 0.345. The van der Waals surface area contributed by atoms with Gasteiger partial charge in [0.05, 0.1) is 57.4 Å². The number of carbonyl (C=O) groups excluding carboxylic acids is 3. The summed E-state index contributed by atoms with van der Waals surface area (Å²) in [5, 5.41) is 45.1. The number of nitrogens with zero attached hydrogens (tertiary/aromatic N) is 7. The van der Waals surface area contributed by atoms with Crippen LogP contribution in [0.1, 0.15) is 97.6 Å². The van der Waals surface area contributed by atoms with Gasteiger partial charge in [-0.25, -0.2) is 23.7 Å². The van der Waals surface area contributed by atoms with Crippen molar-refractivity contribution < 1.29 is 33.8 Å². The molecule has 388 valence electrons. The molecular weight excluding hydrogens is 984 g/mol. The van der Waals surface area contributed by atoms with Gasteiger partial charge in [0.15, 0.2) is 11.4 Å². The van der Waals surface area contributed by atoms with E-state index in [4.69, 9.17) is 43.2 Å². The van der Waals surface area contributed by atoms with Crippen molar-refractivity contribution in [2.24, 2.45) is 0 Å². The Balaban J connectivity index is 0.000000222. The van der Waals surface area contributed by atoms with Gasteiger partial charge in [0.25, 0.3) is 5.91 Å². The summed E-state index contributed by atoms with van der Waals surface area (Å²) in [4.78, 5) is 49.7. The smallest absolute Gasteiger partial charge is 0.407 e. The van der Waals surface area contributed by atoms with E-state index in [2.05, 4.69) is 38.3 Å². The normalized spacial score (nSPS) is 14.8. The molecule has 2 saturated heterocycles. The minimum atomic E-state index is -1.08. The Bertz CT molecular complexity index is 2920. The number of alkyl carbamates (subject to hydrolysis) is 2. The van der Waals surface area contributed by atoms with E-state index in [1.807, 2.05) is 116 Å².